The molecule has 1 saturated heterocycles. The lowest BCUT2D eigenvalue weighted by Crippen LogP contribution is -2.19. The number of carbonyl (C=O) groups excluding carboxylic acids is 2. The van der Waals surface area contributed by atoms with E-state index in [1.54, 1.807) is 25.1 Å². The minimum absolute atomic E-state index is 0.0191. The number of esters is 2. The van der Waals surface area contributed by atoms with E-state index in [0.29, 0.717) is 58.5 Å². The number of fused-ring (bicyclic) bond motifs is 3. The molecule has 3 unspecified atom stereocenters. The molecule has 1 saturated carbocycles. The van der Waals surface area contributed by atoms with E-state index in [1.807, 2.05) is 24.3 Å². The first-order valence-corrected chi connectivity index (χ1v) is 20.4. The second-order valence-corrected chi connectivity index (χ2v) is 15.6. The lowest BCUT2D eigenvalue weighted by Gasteiger charge is -2.18. The van der Waals surface area contributed by atoms with Crippen LogP contribution in [0, 0.1) is 42.1 Å². The van der Waals surface area contributed by atoms with Gasteiger partial charge in [-0.25, -0.2) is 27.7 Å². The zero-order valence-electron chi connectivity index (χ0n) is 32.8. The number of aryl methyl sites for hydroxylation is 1. The number of hydrogen-bond acceptors (Lipinski definition) is 11. The Labute approximate surface area is 352 Å². The van der Waals surface area contributed by atoms with Crippen molar-refractivity contribution in [2.45, 2.75) is 44.8 Å². The Hall–Kier alpha value is -6.53. The summed E-state index contributed by atoms with van der Waals surface area (Å²) in [5.41, 5.74) is 3.81. The summed E-state index contributed by atoms with van der Waals surface area (Å²) in [6.07, 6.45) is 7.45. The van der Waals surface area contributed by atoms with Crippen LogP contribution < -0.4 is 19.6 Å². The monoisotopic (exact) mass is 845 g/mol. The molecule has 0 radical (unpaired) electrons. The number of nitrogens with zero attached hydrogens (tertiary/aromatic N) is 2. The third-order valence-electron chi connectivity index (χ3n) is 10.2. The molecule has 310 valence electrons. The molecule has 5 aromatic carbocycles. The maximum Gasteiger partial charge on any atom is 0.343 e. The molecule has 3 atom stereocenters. The maximum absolute atomic E-state index is 15.2. The van der Waals surface area contributed by atoms with Crippen LogP contribution in [0.4, 0.5) is 18.3 Å². The maximum atomic E-state index is 15.2. The van der Waals surface area contributed by atoms with Crippen molar-refractivity contribution in [2.75, 3.05) is 25.2 Å². The van der Waals surface area contributed by atoms with Gasteiger partial charge in [0.25, 0.3) is 0 Å². The summed E-state index contributed by atoms with van der Waals surface area (Å²) in [6.45, 7) is 7.02. The number of anilines is 1. The molecule has 1 N–H and O–H groups in total. The molecule has 1 aromatic heterocycles. The third kappa shape index (κ3) is 10.1. The van der Waals surface area contributed by atoms with E-state index in [4.69, 9.17) is 23.7 Å². The van der Waals surface area contributed by atoms with Gasteiger partial charge < -0.3 is 23.7 Å². The largest absolute Gasteiger partial charge is 0.493 e. The zero-order valence-corrected chi connectivity index (χ0v) is 33.7. The van der Waals surface area contributed by atoms with Crippen molar-refractivity contribution in [1.82, 2.24) is 4.98 Å². The fraction of sp³-hybridized carbons (Fsp3) is 0.234. The number of hydrogen-bond donors (Lipinski definition) is 1. The second kappa shape index (κ2) is 18.4. The van der Waals surface area contributed by atoms with E-state index in [0.717, 1.165) is 60.1 Å². The van der Waals surface area contributed by atoms with Crippen LogP contribution in [0.3, 0.4) is 0 Å². The third-order valence-corrected chi connectivity index (χ3v) is 11.1. The van der Waals surface area contributed by atoms with Gasteiger partial charge in [-0.3, -0.25) is 5.43 Å². The van der Waals surface area contributed by atoms with Crippen LogP contribution in [0.2, 0.25) is 0 Å². The molecule has 61 heavy (non-hydrogen) atoms. The Balaban J connectivity index is 0.900. The fourth-order valence-electron chi connectivity index (χ4n) is 7.01. The zero-order chi connectivity index (χ0) is 42.5. The van der Waals surface area contributed by atoms with E-state index in [1.165, 1.54) is 43.0 Å². The normalized spacial score (nSPS) is 16.8. The number of ether oxygens (including phenoxy) is 5. The Morgan fingerprint density at radius 2 is 1.75 bits per heavy atom. The first-order chi connectivity index (χ1) is 29.6. The number of aromatic nitrogens is 1. The van der Waals surface area contributed by atoms with Crippen molar-refractivity contribution in [2.24, 2.45) is 11.0 Å². The molecule has 0 amide bonds. The molecular weight excluding hydrogens is 808 g/mol. The average Bonchev–Trinajstić information content (AvgIpc) is 3.92. The molecular formula is C47H38F3N3O7S. The van der Waals surface area contributed by atoms with Gasteiger partial charge in [0.05, 0.1) is 46.4 Å². The molecule has 14 heteroatoms. The van der Waals surface area contributed by atoms with Gasteiger partial charge in [0, 0.05) is 31.8 Å². The van der Waals surface area contributed by atoms with Gasteiger partial charge in [-0.05, 0) is 109 Å². The Morgan fingerprint density at radius 1 is 0.918 bits per heavy atom. The van der Waals surface area contributed by atoms with Gasteiger partial charge in [0.15, 0.2) is 11.6 Å². The first kappa shape index (κ1) is 41.2. The van der Waals surface area contributed by atoms with Gasteiger partial charge in [-0.15, -0.1) is 0 Å². The summed E-state index contributed by atoms with van der Waals surface area (Å²) in [6, 6.07) is 20.5. The summed E-state index contributed by atoms with van der Waals surface area (Å²) in [7, 11) is 0. The minimum Gasteiger partial charge on any atom is -0.493 e. The number of thiazole rings is 1. The predicted octanol–water partition coefficient (Wildman–Crippen LogP) is 9.68. The van der Waals surface area contributed by atoms with E-state index in [2.05, 4.69) is 33.9 Å². The molecule has 6 aromatic rings. The molecule has 2 fully saturated rings. The highest BCUT2D eigenvalue weighted by atomic mass is 32.1. The molecule has 2 aliphatic rings. The highest BCUT2D eigenvalue weighted by molar-refractivity contribution is 7.22. The molecule has 10 nitrogen and oxygen atoms in total. The van der Waals surface area contributed by atoms with Crippen LogP contribution in [0.1, 0.15) is 58.3 Å². The van der Waals surface area contributed by atoms with Gasteiger partial charge >= 0.3 is 11.9 Å². The fourth-order valence-corrected chi connectivity index (χ4v) is 7.82. The molecule has 1 aliphatic carbocycles. The van der Waals surface area contributed by atoms with E-state index in [-0.39, 0.29) is 33.3 Å². The van der Waals surface area contributed by atoms with Crippen molar-refractivity contribution >= 4 is 55.6 Å². The number of rotatable bonds is 14. The Bertz CT molecular complexity index is 2760. The molecule has 1 aliphatic heterocycles. The topological polar surface area (TPSA) is 121 Å². The van der Waals surface area contributed by atoms with Gasteiger partial charge in [0.1, 0.15) is 28.6 Å². The number of halogens is 3. The van der Waals surface area contributed by atoms with Crippen LogP contribution in [-0.4, -0.2) is 55.2 Å². The van der Waals surface area contributed by atoms with Crippen LogP contribution in [0.25, 0.3) is 21.0 Å². The smallest absolute Gasteiger partial charge is 0.343 e. The molecule has 0 bridgehead atoms. The lowest BCUT2D eigenvalue weighted by atomic mass is 9.90. The van der Waals surface area contributed by atoms with E-state index in [9.17, 15) is 18.4 Å². The first-order valence-electron chi connectivity index (χ1n) is 19.6. The minimum atomic E-state index is -1.05. The van der Waals surface area contributed by atoms with Crippen LogP contribution in [0.15, 0.2) is 96.6 Å². The summed E-state index contributed by atoms with van der Waals surface area (Å²) in [5, 5.41) is 5.95. The van der Waals surface area contributed by atoms with Gasteiger partial charge in [-0.1, -0.05) is 48.0 Å². The molecule has 8 rings (SSSR count). The highest BCUT2D eigenvalue weighted by Gasteiger charge is 2.43. The number of carbonyl (C=O) groups is 2. The van der Waals surface area contributed by atoms with Crippen LogP contribution in [-0.2, 0) is 14.3 Å². The van der Waals surface area contributed by atoms with Gasteiger partial charge in [-0.2, -0.15) is 5.10 Å². The quantitative estimate of drug-likeness (QED) is 0.0167. The van der Waals surface area contributed by atoms with E-state index >= 15 is 4.39 Å². The van der Waals surface area contributed by atoms with Crippen molar-refractivity contribution < 1.29 is 46.4 Å². The van der Waals surface area contributed by atoms with Crippen LogP contribution >= 0.6 is 11.3 Å². The summed E-state index contributed by atoms with van der Waals surface area (Å²) in [5.74, 6) is 3.02. The number of epoxide rings is 1. The van der Waals surface area contributed by atoms with Gasteiger partial charge in [0.2, 0.25) is 5.13 Å². The summed E-state index contributed by atoms with van der Waals surface area (Å²) in [4.78, 5) is 29.6. The highest BCUT2D eigenvalue weighted by Crippen LogP contribution is 2.39. The average molecular weight is 846 g/mol. The van der Waals surface area contributed by atoms with Crippen molar-refractivity contribution in [3.05, 3.63) is 137 Å². The lowest BCUT2D eigenvalue weighted by molar-refractivity contribution is -0.129. The summed E-state index contributed by atoms with van der Waals surface area (Å²) < 4.78 is 71.9. The van der Waals surface area contributed by atoms with E-state index < -0.39 is 29.4 Å². The number of benzene rings is 5. The Kier molecular flexibility index (Phi) is 12.4. The number of hydrazone groups is 1. The predicted molar refractivity (Wildman–Crippen MR) is 226 cm³/mol. The molecule has 2 heterocycles. The van der Waals surface area contributed by atoms with Crippen LogP contribution in [0.5, 0.6) is 17.2 Å². The van der Waals surface area contributed by atoms with Crippen molar-refractivity contribution in [1.29, 1.82) is 0 Å². The molecule has 0 spiro atoms. The Morgan fingerprint density at radius 3 is 2.59 bits per heavy atom. The standard InChI is InChI=1S/C47H38F3N3O7S/c1-3-42(54)60-45-27(2)19-36(24-33(45)10-8-30-7-5-28(20-38(30)49)25-51-53-47-52-44-41(61-47)16-14-37(48)43(44)50)58-46(55)34-11-9-32-23-35(13-12-31(32)22-34)57-18-4-17-56-26-29-6-15-39-40(21-29)59-39/h3,5,7,9,11-14,16,19-20,22-25,29,39-40H,1,4,6,15,17-18,21,26H2,2H3,(H,52,53)/b51-25+. The SMILES string of the molecule is C=CC(=O)Oc1c(C)cc(OC(=O)c2ccc3cc(OCCCOCC4CCC5OC5C4)ccc3c2)cc1C#Cc1ccc(/C=N/Nc2nc3c(F)c(F)ccc3s2)cc1F. The number of nitrogens with one attached hydrogen (secondary N) is 1. The summed E-state index contributed by atoms with van der Waals surface area (Å²) >= 11 is 1.07. The van der Waals surface area contributed by atoms with Crippen molar-refractivity contribution in [3.63, 3.8) is 0 Å². The second-order valence-electron chi connectivity index (χ2n) is 14.6. The van der Waals surface area contributed by atoms with Crippen molar-refractivity contribution in [3.8, 4) is 29.1 Å².